The lowest BCUT2D eigenvalue weighted by Crippen LogP contribution is -2.44. The number of rotatable bonds is 2. The number of aryl methyl sites for hydroxylation is 1. The number of aromatic nitrogens is 2. The van der Waals surface area contributed by atoms with Crippen LogP contribution in [0.1, 0.15) is 39.3 Å². The fourth-order valence-corrected chi connectivity index (χ4v) is 2.75. The SMILES string of the molecule is Cc1nccc2nc(NC3CCN(C(=O)OC(C)(C)C)CC3)oc12. The number of carbonyl (C=O) groups excluding carboxylic acids is 1. The number of amides is 1. The van der Waals surface area contributed by atoms with Gasteiger partial charge in [-0.2, -0.15) is 4.98 Å². The van der Waals surface area contributed by atoms with E-state index in [1.165, 1.54) is 0 Å². The molecule has 7 heteroatoms. The van der Waals surface area contributed by atoms with E-state index in [4.69, 9.17) is 9.15 Å². The molecule has 1 N–H and O–H groups in total. The van der Waals surface area contributed by atoms with Gasteiger partial charge in [-0.05, 0) is 46.6 Å². The van der Waals surface area contributed by atoms with Gasteiger partial charge in [0.05, 0.1) is 5.69 Å². The van der Waals surface area contributed by atoms with Gasteiger partial charge in [0.25, 0.3) is 6.01 Å². The Labute approximate surface area is 141 Å². The van der Waals surface area contributed by atoms with E-state index in [1.54, 1.807) is 11.1 Å². The molecular formula is C17H24N4O3. The third kappa shape index (κ3) is 3.77. The molecule has 0 atom stereocenters. The van der Waals surface area contributed by atoms with Crippen molar-refractivity contribution in [3.05, 3.63) is 18.0 Å². The van der Waals surface area contributed by atoms with Crippen molar-refractivity contribution in [2.24, 2.45) is 0 Å². The van der Waals surface area contributed by atoms with Crippen molar-refractivity contribution in [2.45, 2.75) is 52.2 Å². The van der Waals surface area contributed by atoms with Crippen molar-refractivity contribution in [1.29, 1.82) is 0 Å². The predicted octanol–water partition coefficient (Wildman–Crippen LogP) is 3.34. The maximum atomic E-state index is 12.1. The molecule has 24 heavy (non-hydrogen) atoms. The minimum Gasteiger partial charge on any atom is -0.444 e. The Hall–Kier alpha value is -2.31. The van der Waals surface area contributed by atoms with Crippen molar-refractivity contribution < 1.29 is 13.9 Å². The molecule has 0 spiro atoms. The summed E-state index contributed by atoms with van der Waals surface area (Å²) in [6.07, 6.45) is 3.14. The van der Waals surface area contributed by atoms with E-state index in [-0.39, 0.29) is 12.1 Å². The van der Waals surface area contributed by atoms with Gasteiger partial charge in [-0.25, -0.2) is 4.79 Å². The summed E-state index contributed by atoms with van der Waals surface area (Å²) in [6.45, 7) is 8.85. The molecule has 1 amide bonds. The fourth-order valence-electron chi connectivity index (χ4n) is 2.75. The Bertz CT molecular complexity index is 727. The van der Waals surface area contributed by atoms with Gasteiger partial charge in [-0.15, -0.1) is 0 Å². The lowest BCUT2D eigenvalue weighted by atomic mass is 10.1. The van der Waals surface area contributed by atoms with Crippen LogP contribution in [-0.4, -0.2) is 45.7 Å². The standard InChI is InChI=1S/C17H24N4O3/c1-11-14-13(5-8-18-11)20-15(23-14)19-12-6-9-21(10-7-12)16(22)24-17(2,3)4/h5,8,12H,6-7,9-10H2,1-4H3,(H,19,20). The van der Waals surface area contributed by atoms with Crippen molar-refractivity contribution in [2.75, 3.05) is 18.4 Å². The number of carbonyl (C=O) groups is 1. The van der Waals surface area contributed by atoms with E-state index in [0.29, 0.717) is 24.7 Å². The highest BCUT2D eigenvalue weighted by Crippen LogP contribution is 2.23. The molecule has 3 heterocycles. The first-order valence-corrected chi connectivity index (χ1v) is 8.28. The van der Waals surface area contributed by atoms with Crippen molar-refractivity contribution in [3.63, 3.8) is 0 Å². The van der Waals surface area contributed by atoms with E-state index in [2.05, 4.69) is 15.3 Å². The monoisotopic (exact) mass is 332 g/mol. The molecule has 130 valence electrons. The zero-order chi connectivity index (χ0) is 17.3. The number of pyridine rings is 1. The van der Waals surface area contributed by atoms with Gasteiger partial charge in [0.1, 0.15) is 11.1 Å². The van der Waals surface area contributed by atoms with Gasteiger partial charge in [0.2, 0.25) is 0 Å². The predicted molar refractivity (Wildman–Crippen MR) is 91.0 cm³/mol. The average Bonchev–Trinajstić information content (AvgIpc) is 2.90. The van der Waals surface area contributed by atoms with Crippen LogP contribution < -0.4 is 5.32 Å². The number of hydrogen-bond donors (Lipinski definition) is 1. The number of hydrogen-bond acceptors (Lipinski definition) is 6. The highest BCUT2D eigenvalue weighted by Gasteiger charge is 2.27. The van der Waals surface area contributed by atoms with E-state index < -0.39 is 5.60 Å². The average molecular weight is 332 g/mol. The molecule has 2 aromatic heterocycles. The van der Waals surface area contributed by atoms with Crippen LogP contribution in [0.4, 0.5) is 10.8 Å². The lowest BCUT2D eigenvalue weighted by molar-refractivity contribution is 0.0210. The second kappa shape index (κ2) is 6.30. The van der Waals surface area contributed by atoms with Gasteiger partial charge in [-0.3, -0.25) is 4.98 Å². The molecule has 0 unspecified atom stereocenters. The second-order valence-electron chi connectivity index (χ2n) is 7.15. The van der Waals surface area contributed by atoms with E-state index >= 15 is 0 Å². The largest absolute Gasteiger partial charge is 0.444 e. The Kier molecular flexibility index (Phi) is 4.34. The summed E-state index contributed by atoms with van der Waals surface area (Å²) < 4.78 is 11.2. The Morgan fingerprint density at radius 3 is 2.71 bits per heavy atom. The van der Waals surface area contributed by atoms with Crippen LogP contribution in [0.25, 0.3) is 11.1 Å². The van der Waals surface area contributed by atoms with E-state index in [1.807, 2.05) is 33.8 Å². The van der Waals surface area contributed by atoms with E-state index in [9.17, 15) is 4.79 Å². The molecule has 1 aliphatic heterocycles. The maximum Gasteiger partial charge on any atom is 0.410 e. The van der Waals surface area contributed by atoms with Crippen molar-refractivity contribution in [1.82, 2.24) is 14.9 Å². The normalized spacial score (nSPS) is 16.4. The molecule has 1 aliphatic rings. The van der Waals surface area contributed by atoms with Gasteiger partial charge < -0.3 is 19.4 Å². The molecular weight excluding hydrogens is 308 g/mol. The first kappa shape index (κ1) is 16.5. The number of likely N-dealkylation sites (tertiary alicyclic amines) is 1. The van der Waals surface area contributed by atoms with Crippen LogP contribution in [0, 0.1) is 6.92 Å². The zero-order valence-corrected chi connectivity index (χ0v) is 14.6. The summed E-state index contributed by atoms with van der Waals surface area (Å²) >= 11 is 0. The van der Waals surface area contributed by atoms with Gasteiger partial charge in [0, 0.05) is 25.3 Å². The molecule has 1 saturated heterocycles. The molecule has 0 aromatic carbocycles. The summed E-state index contributed by atoms with van der Waals surface area (Å²) in [6, 6.07) is 2.57. The molecule has 0 aliphatic carbocycles. The highest BCUT2D eigenvalue weighted by atomic mass is 16.6. The van der Waals surface area contributed by atoms with Crippen LogP contribution in [-0.2, 0) is 4.74 Å². The number of nitrogens with zero attached hydrogens (tertiary/aromatic N) is 3. The highest BCUT2D eigenvalue weighted by molar-refractivity contribution is 5.76. The third-order valence-corrected chi connectivity index (χ3v) is 3.96. The molecule has 0 saturated carbocycles. The first-order valence-electron chi connectivity index (χ1n) is 8.28. The summed E-state index contributed by atoms with van der Waals surface area (Å²) in [5.74, 6) is 0. The molecule has 3 rings (SSSR count). The van der Waals surface area contributed by atoms with Gasteiger partial charge in [0.15, 0.2) is 5.58 Å². The minimum absolute atomic E-state index is 0.227. The van der Waals surface area contributed by atoms with Crippen molar-refractivity contribution in [3.8, 4) is 0 Å². The molecule has 1 fully saturated rings. The summed E-state index contributed by atoms with van der Waals surface area (Å²) in [7, 11) is 0. The number of anilines is 1. The Morgan fingerprint density at radius 1 is 1.38 bits per heavy atom. The molecule has 2 aromatic rings. The maximum absolute atomic E-state index is 12.1. The number of ether oxygens (including phenoxy) is 1. The van der Waals surface area contributed by atoms with Gasteiger partial charge in [-0.1, -0.05) is 0 Å². The molecule has 7 nitrogen and oxygen atoms in total. The molecule has 0 radical (unpaired) electrons. The number of nitrogens with one attached hydrogen (secondary N) is 1. The first-order chi connectivity index (χ1) is 11.3. The number of fused-ring (bicyclic) bond motifs is 1. The number of piperidine rings is 1. The summed E-state index contributed by atoms with van der Waals surface area (Å²) in [5.41, 5.74) is 1.88. The second-order valence-corrected chi connectivity index (χ2v) is 7.15. The Morgan fingerprint density at radius 2 is 2.08 bits per heavy atom. The van der Waals surface area contributed by atoms with Crippen LogP contribution in [0.2, 0.25) is 0 Å². The third-order valence-electron chi connectivity index (χ3n) is 3.96. The topological polar surface area (TPSA) is 80.5 Å². The quantitative estimate of drug-likeness (QED) is 0.908. The van der Waals surface area contributed by atoms with Crippen molar-refractivity contribution >= 4 is 23.2 Å². The molecule has 0 bridgehead atoms. The Balaban J connectivity index is 1.57. The van der Waals surface area contributed by atoms with Crippen LogP contribution in [0.3, 0.4) is 0 Å². The zero-order valence-electron chi connectivity index (χ0n) is 14.6. The van der Waals surface area contributed by atoms with Crippen LogP contribution >= 0.6 is 0 Å². The smallest absolute Gasteiger partial charge is 0.410 e. The van der Waals surface area contributed by atoms with Crippen LogP contribution in [0.15, 0.2) is 16.7 Å². The minimum atomic E-state index is -0.462. The lowest BCUT2D eigenvalue weighted by Gasteiger charge is -2.33. The van der Waals surface area contributed by atoms with E-state index in [0.717, 1.165) is 24.1 Å². The fraction of sp³-hybridized carbons (Fsp3) is 0.588. The van der Waals surface area contributed by atoms with Gasteiger partial charge >= 0.3 is 6.09 Å². The summed E-state index contributed by atoms with van der Waals surface area (Å²) in [5, 5.41) is 3.32. The summed E-state index contributed by atoms with van der Waals surface area (Å²) in [4.78, 5) is 22.5. The number of oxazole rings is 1. The van der Waals surface area contributed by atoms with Crippen LogP contribution in [0.5, 0.6) is 0 Å².